The van der Waals surface area contributed by atoms with Gasteiger partial charge in [-0.1, -0.05) is 18.9 Å². The lowest BCUT2D eigenvalue weighted by Gasteiger charge is -2.41. The van der Waals surface area contributed by atoms with E-state index in [0.717, 1.165) is 38.5 Å². The third-order valence-corrected chi connectivity index (χ3v) is 5.23. The van der Waals surface area contributed by atoms with Crippen molar-refractivity contribution in [1.82, 2.24) is 10.2 Å². The molecule has 6 nitrogen and oxygen atoms in total. The fourth-order valence-corrected chi connectivity index (χ4v) is 4.15. The van der Waals surface area contributed by atoms with Gasteiger partial charge in [0.15, 0.2) is 5.78 Å². The van der Waals surface area contributed by atoms with Gasteiger partial charge in [-0.05, 0) is 46.5 Å². The molecule has 26 heavy (non-hydrogen) atoms. The van der Waals surface area contributed by atoms with Gasteiger partial charge in [0, 0.05) is 18.0 Å². The van der Waals surface area contributed by atoms with Crippen LogP contribution in [0.25, 0.3) is 0 Å². The zero-order valence-electron chi connectivity index (χ0n) is 16.2. The maximum Gasteiger partial charge on any atom is 0.408 e. The number of ketones is 1. The first-order chi connectivity index (χ1) is 12.3. The van der Waals surface area contributed by atoms with Crippen molar-refractivity contribution in [3.63, 3.8) is 0 Å². The number of nitrogens with zero attached hydrogens (tertiary/aromatic N) is 2. The minimum absolute atomic E-state index is 0.0203. The molecule has 1 N–H and O–H groups in total. The first kappa shape index (κ1) is 20.4. The van der Waals surface area contributed by atoms with Gasteiger partial charge in [0.1, 0.15) is 5.60 Å². The van der Waals surface area contributed by atoms with Gasteiger partial charge in [-0.25, -0.2) is 4.79 Å². The first-order valence-electron chi connectivity index (χ1n) is 9.56. The number of likely N-dealkylation sites (tertiary alicyclic amines) is 1. The van der Waals surface area contributed by atoms with Gasteiger partial charge in [0.05, 0.1) is 18.7 Å². The summed E-state index contributed by atoms with van der Waals surface area (Å²) in [4.78, 5) is 26.8. The van der Waals surface area contributed by atoms with Gasteiger partial charge in [-0.15, -0.1) is 6.58 Å². The van der Waals surface area contributed by atoms with E-state index in [1.165, 1.54) is 0 Å². The molecule has 0 aromatic carbocycles. The summed E-state index contributed by atoms with van der Waals surface area (Å²) in [5, 5.41) is 12.1. The van der Waals surface area contributed by atoms with E-state index in [1.807, 2.05) is 6.08 Å². The summed E-state index contributed by atoms with van der Waals surface area (Å²) in [6.07, 6.45) is 6.83. The van der Waals surface area contributed by atoms with Crippen LogP contribution in [0.4, 0.5) is 4.79 Å². The molecule has 0 bridgehead atoms. The zero-order chi connectivity index (χ0) is 19.3. The van der Waals surface area contributed by atoms with Crippen LogP contribution in [-0.2, 0) is 9.53 Å². The maximum atomic E-state index is 12.8. The van der Waals surface area contributed by atoms with Crippen molar-refractivity contribution in [2.24, 2.45) is 5.92 Å². The predicted molar refractivity (Wildman–Crippen MR) is 99.4 cm³/mol. The van der Waals surface area contributed by atoms with Crippen molar-refractivity contribution in [3.8, 4) is 6.07 Å². The lowest BCUT2D eigenvalue weighted by molar-refractivity contribution is -0.125. The highest BCUT2D eigenvalue weighted by Crippen LogP contribution is 2.36. The van der Waals surface area contributed by atoms with Crippen LogP contribution in [0.1, 0.15) is 59.3 Å². The van der Waals surface area contributed by atoms with Crippen LogP contribution in [0.2, 0.25) is 0 Å². The number of amides is 1. The Morgan fingerprint density at radius 1 is 1.27 bits per heavy atom. The van der Waals surface area contributed by atoms with Gasteiger partial charge >= 0.3 is 6.09 Å². The van der Waals surface area contributed by atoms with Crippen molar-refractivity contribution < 1.29 is 14.3 Å². The fourth-order valence-electron chi connectivity index (χ4n) is 4.15. The number of hydrogen-bond acceptors (Lipinski definition) is 5. The summed E-state index contributed by atoms with van der Waals surface area (Å²) in [7, 11) is 0. The minimum atomic E-state index is -0.590. The number of ether oxygens (including phenoxy) is 1. The van der Waals surface area contributed by atoms with Crippen LogP contribution < -0.4 is 5.32 Å². The van der Waals surface area contributed by atoms with Crippen molar-refractivity contribution in [2.75, 3.05) is 6.54 Å². The highest BCUT2D eigenvalue weighted by Gasteiger charge is 2.43. The second-order valence-corrected chi connectivity index (χ2v) is 8.25. The van der Waals surface area contributed by atoms with Crippen LogP contribution >= 0.6 is 0 Å². The van der Waals surface area contributed by atoms with Crippen LogP contribution in [-0.4, -0.2) is 47.0 Å². The smallest absolute Gasteiger partial charge is 0.408 e. The molecule has 0 aromatic rings. The molecule has 4 atom stereocenters. The molecule has 0 aromatic heterocycles. The largest absolute Gasteiger partial charge is 0.444 e. The number of rotatable bonds is 5. The number of alkyl carbamates (subject to hydrolysis) is 1. The van der Waals surface area contributed by atoms with Crippen molar-refractivity contribution in [2.45, 2.75) is 83.0 Å². The van der Waals surface area contributed by atoms with E-state index in [1.54, 1.807) is 20.8 Å². The second kappa shape index (κ2) is 8.68. The van der Waals surface area contributed by atoms with E-state index < -0.39 is 11.7 Å². The summed E-state index contributed by atoms with van der Waals surface area (Å²) in [5.41, 5.74) is -0.590. The minimum Gasteiger partial charge on any atom is -0.444 e. The molecule has 1 saturated heterocycles. The molecule has 1 aliphatic heterocycles. The van der Waals surface area contributed by atoms with Crippen LogP contribution in [0.3, 0.4) is 0 Å². The molecular weight excluding hydrogens is 330 g/mol. The lowest BCUT2D eigenvalue weighted by atomic mass is 9.80. The monoisotopic (exact) mass is 361 g/mol. The quantitative estimate of drug-likeness (QED) is 0.761. The molecular formula is C20H31N3O3. The molecule has 1 amide bonds. The number of Topliss-reactive ketones (excluding diaryl/α,β-unsaturated/α-hetero) is 1. The first-order valence-corrected chi connectivity index (χ1v) is 9.56. The van der Waals surface area contributed by atoms with Gasteiger partial charge in [0.25, 0.3) is 0 Å². The number of carbonyl (C=O) groups is 2. The lowest BCUT2D eigenvalue weighted by Crippen LogP contribution is -2.51. The zero-order valence-corrected chi connectivity index (χ0v) is 16.2. The Balaban J connectivity index is 2.03. The Kier molecular flexibility index (Phi) is 6.82. The van der Waals surface area contributed by atoms with Crippen molar-refractivity contribution in [1.29, 1.82) is 5.26 Å². The summed E-state index contributed by atoms with van der Waals surface area (Å²) in [6.45, 7) is 9.25. The van der Waals surface area contributed by atoms with Gasteiger partial charge in [-0.2, -0.15) is 5.26 Å². The van der Waals surface area contributed by atoms with E-state index in [2.05, 4.69) is 22.9 Å². The highest BCUT2D eigenvalue weighted by atomic mass is 16.6. The number of hydrogen-bond donors (Lipinski definition) is 1. The average molecular weight is 361 g/mol. The summed E-state index contributed by atoms with van der Waals surface area (Å²) < 4.78 is 5.20. The summed E-state index contributed by atoms with van der Waals surface area (Å²) >= 11 is 0. The van der Waals surface area contributed by atoms with Crippen molar-refractivity contribution >= 4 is 11.9 Å². The van der Waals surface area contributed by atoms with Crippen LogP contribution in [0.5, 0.6) is 0 Å². The van der Waals surface area contributed by atoms with E-state index >= 15 is 0 Å². The fraction of sp³-hybridized carbons (Fsp3) is 0.750. The van der Waals surface area contributed by atoms with Crippen LogP contribution in [0.15, 0.2) is 12.7 Å². The molecule has 1 aliphatic carbocycles. The van der Waals surface area contributed by atoms with E-state index in [4.69, 9.17) is 4.74 Å². The molecule has 2 aliphatic rings. The molecule has 2 rings (SSSR count). The van der Waals surface area contributed by atoms with E-state index in [-0.39, 0.29) is 36.4 Å². The maximum absolute atomic E-state index is 12.8. The van der Waals surface area contributed by atoms with Gasteiger partial charge in [0.2, 0.25) is 0 Å². The molecule has 6 heteroatoms. The van der Waals surface area contributed by atoms with Crippen molar-refractivity contribution in [3.05, 3.63) is 12.7 Å². The third-order valence-electron chi connectivity index (χ3n) is 5.23. The number of nitrogens with one attached hydrogen (secondary N) is 1. The molecule has 1 heterocycles. The van der Waals surface area contributed by atoms with Gasteiger partial charge in [-0.3, -0.25) is 9.69 Å². The van der Waals surface area contributed by atoms with Crippen LogP contribution in [0, 0.1) is 17.2 Å². The molecule has 2 fully saturated rings. The predicted octanol–water partition coefficient (Wildman–Crippen LogP) is 3.18. The Labute approximate surface area is 156 Å². The molecule has 1 saturated carbocycles. The van der Waals surface area contributed by atoms with E-state index in [0.29, 0.717) is 0 Å². The SMILES string of the molecule is C=C[C@H]1CC[C@@H](C#N)N1C1CCCCC1C(=O)CNC(=O)OC(C)(C)C. The second-order valence-electron chi connectivity index (χ2n) is 8.25. The Bertz CT molecular complexity index is 576. The Morgan fingerprint density at radius 2 is 1.96 bits per heavy atom. The standard InChI is InChI=1S/C20H31N3O3/c1-5-14-10-11-15(12-21)23(14)17-9-7-6-8-16(17)18(24)13-22-19(25)26-20(2,3)4/h5,14-17H,1,6-11,13H2,2-4H3,(H,22,25)/t14-,15-,16?,17?/m0/s1. The third kappa shape index (κ3) is 5.07. The molecule has 0 spiro atoms. The highest BCUT2D eigenvalue weighted by molar-refractivity contribution is 5.86. The normalized spacial score (nSPS) is 29.6. The topological polar surface area (TPSA) is 82.4 Å². The summed E-state index contributed by atoms with van der Waals surface area (Å²) in [6, 6.07) is 2.43. The summed E-state index contributed by atoms with van der Waals surface area (Å²) in [5.74, 6) is -0.137. The molecule has 2 unspecified atom stereocenters. The van der Waals surface area contributed by atoms with Gasteiger partial charge < -0.3 is 10.1 Å². The Hall–Kier alpha value is -1.87. The average Bonchev–Trinajstić information content (AvgIpc) is 3.01. The molecule has 0 radical (unpaired) electrons. The molecule has 144 valence electrons. The van der Waals surface area contributed by atoms with E-state index in [9.17, 15) is 14.9 Å². The number of nitriles is 1. The number of carbonyl (C=O) groups excluding carboxylic acids is 2. The Morgan fingerprint density at radius 3 is 2.58 bits per heavy atom.